The summed E-state index contributed by atoms with van der Waals surface area (Å²) in [6.45, 7) is 36.5. The van der Waals surface area contributed by atoms with Crippen LogP contribution < -0.4 is 0 Å². The van der Waals surface area contributed by atoms with Gasteiger partial charge in [0.15, 0.2) is 17.4 Å². The van der Waals surface area contributed by atoms with E-state index in [1.54, 1.807) is 9.36 Å². The van der Waals surface area contributed by atoms with Crippen molar-refractivity contribution < 1.29 is 38.2 Å². The minimum Gasteiger partial charge on any atom is -0.515 e. The number of Topliss-reactive ketones (excluding diaryl/α,β-unsaturated/α-hetero) is 2. The van der Waals surface area contributed by atoms with Gasteiger partial charge in [-0.15, -0.1) is 0 Å². The van der Waals surface area contributed by atoms with E-state index >= 15 is 0 Å². The van der Waals surface area contributed by atoms with Crippen LogP contribution >= 0.6 is 46.4 Å². The maximum atomic E-state index is 12.6. The van der Waals surface area contributed by atoms with Gasteiger partial charge in [-0.2, -0.15) is 25.5 Å². The number of hydrogen-bond donors (Lipinski definition) is 1. The van der Waals surface area contributed by atoms with Crippen LogP contribution in [-0.2, 0) is 135 Å². The largest absolute Gasteiger partial charge is 0.515 e. The van der Waals surface area contributed by atoms with E-state index in [1.807, 2.05) is 69.3 Å². The Kier molecular flexibility index (Phi) is 18.7. The molecule has 4 saturated carbocycles. The number of ketones is 2. The van der Waals surface area contributed by atoms with Gasteiger partial charge in [-0.25, -0.2) is 0 Å². The topological polar surface area (TPSA) is 206 Å². The van der Waals surface area contributed by atoms with Crippen LogP contribution in [0.15, 0.2) is 28.8 Å². The van der Waals surface area contributed by atoms with Crippen molar-refractivity contribution in [1.29, 1.82) is 0 Å². The maximum Gasteiger partial charge on any atom is 0.173 e. The molecule has 0 amide bonds. The van der Waals surface area contributed by atoms with E-state index in [1.165, 1.54) is 51.3 Å². The average molecular weight is 1510 g/mol. The van der Waals surface area contributed by atoms with Gasteiger partial charge in [-0.05, 0) is 131 Å². The number of hydrogen-bond acceptors (Lipinski definition) is 14. The van der Waals surface area contributed by atoms with Crippen LogP contribution in [0.5, 0.6) is 0 Å². The molecule has 19 nitrogen and oxygen atoms in total. The summed E-state index contributed by atoms with van der Waals surface area (Å²) < 4.78 is 39.2. The first-order valence-electron chi connectivity index (χ1n) is 38.4. The molecule has 12 aliphatic rings. The average Bonchev–Trinajstić information content (AvgIpc) is 1.37. The van der Waals surface area contributed by atoms with Gasteiger partial charge < -0.3 is 28.6 Å². The number of aryl methyl sites for hydroxylation is 6. The SMILES string of the molecule is Cn1cc2c(n1)[C@@]1(C)CCC3(OCCO3)C(C)(C)[C@@H]1CC2.Cn1nc2c(c1Cl)CC[C@H]1C(C)(C)C(=O)/C(=C\O)C[C@]21C.Cn1nc2c(c1Cl)CC[C@H]1C(C)(C)C(=O)CC[C@]21C.Cn1nc2c(c1Cl)CC[C@H]1C(C)(C)C3(CC[C@]21C)OCCO3.Cn1nc2c(c1Cl)CC[C@H]1C(C)(C)c3oncc3C[C@]21C. The molecule has 0 bridgehead atoms. The van der Waals surface area contributed by atoms with Gasteiger partial charge in [0.25, 0.3) is 0 Å². The fraction of sp³-hybridized carbons (Fsp3) is 0.728. The first kappa shape index (κ1) is 75.9. The Hall–Kier alpha value is -4.86. The van der Waals surface area contributed by atoms with Crippen molar-refractivity contribution in [3.05, 3.63) is 112 Å². The van der Waals surface area contributed by atoms with Crippen LogP contribution in [0.4, 0.5) is 0 Å². The van der Waals surface area contributed by atoms with E-state index < -0.39 is 11.2 Å². The molecule has 6 fully saturated rings. The second-order valence-electron chi connectivity index (χ2n) is 37.1. The van der Waals surface area contributed by atoms with Crippen molar-refractivity contribution in [2.45, 2.75) is 263 Å². The van der Waals surface area contributed by atoms with Crippen molar-refractivity contribution in [2.75, 3.05) is 26.4 Å². The first-order chi connectivity index (χ1) is 48.6. The van der Waals surface area contributed by atoms with E-state index in [0.29, 0.717) is 66.2 Å². The zero-order valence-electron chi connectivity index (χ0n) is 65.4. The van der Waals surface area contributed by atoms with Gasteiger partial charge in [-0.3, -0.25) is 33.0 Å². The summed E-state index contributed by atoms with van der Waals surface area (Å²) in [5.74, 6) is 2.85. The molecule has 18 rings (SSSR count). The molecule has 568 valence electrons. The Morgan fingerprint density at radius 1 is 0.433 bits per heavy atom. The number of aromatic nitrogens is 11. The Morgan fingerprint density at radius 2 is 0.808 bits per heavy atom. The number of rotatable bonds is 0. The Balaban J connectivity index is 0.000000110. The zero-order valence-corrected chi connectivity index (χ0v) is 68.4. The summed E-state index contributed by atoms with van der Waals surface area (Å²) in [5, 5.41) is 40.2. The van der Waals surface area contributed by atoms with Crippen molar-refractivity contribution in [3.8, 4) is 0 Å². The van der Waals surface area contributed by atoms with Crippen molar-refractivity contribution in [3.63, 3.8) is 0 Å². The molecule has 6 aromatic heterocycles. The zero-order chi connectivity index (χ0) is 75.2. The highest BCUT2D eigenvalue weighted by Gasteiger charge is 2.67. The molecular formula is C81H113Cl4N11O8. The molecule has 10 aliphatic carbocycles. The maximum absolute atomic E-state index is 12.6. The number of ether oxygens (including phenoxy) is 4. The predicted molar refractivity (Wildman–Crippen MR) is 403 cm³/mol. The summed E-state index contributed by atoms with van der Waals surface area (Å²) in [5.41, 5.74) is 12.9. The van der Waals surface area contributed by atoms with Gasteiger partial charge in [0.2, 0.25) is 0 Å². The lowest BCUT2D eigenvalue weighted by molar-refractivity contribution is -0.276. The molecule has 1 N–H and O–H groups in total. The van der Waals surface area contributed by atoms with Crippen molar-refractivity contribution >= 4 is 58.0 Å². The number of carbonyl (C=O) groups is 2. The molecule has 0 radical (unpaired) electrons. The predicted octanol–water partition coefficient (Wildman–Crippen LogP) is 16.3. The summed E-state index contributed by atoms with van der Waals surface area (Å²) in [6.07, 6.45) is 22.4. The molecule has 8 heterocycles. The Labute approximate surface area is 635 Å². The lowest BCUT2D eigenvalue weighted by Gasteiger charge is -2.59. The number of halogens is 4. The first-order valence-corrected chi connectivity index (χ1v) is 39.9. The number of aliphatic hydroxyl groups excluding tert-OH is 1. The standard InChI is InChI=1S/C17H25ClN2O2.C17H26N2O2.C16H20ClN3O.C16H21ClN2O2.C15H21ClN2O/c1-15(2)12-6-5-11-13(19-20(4)14(11)18)16(12,3)7-8-17(15)21-9-10-22-17;1-15(2)13-6-5-12-11-19(4)18-14(12)16(13,3)7-8-17(15)20-9-10-21-17;1-15(2)11-6-5-10-12(19-20(4)14(10)17)16(11,3)7-9-8-18-21-13(9)15;1-15(2)11-6-5-10-12(18-19(4)14(10)17)16(11,3)7-9(8-20)13(15)21;1-14(2)10-6-5-9-12(17-18(4)13(9)16)15(10,3)8-7-11(14)19/h12H,5-10H2,1-4H3;11,13H,5-10H2,1-4H3;8,11H,5-7H2,1-4H3;8,11,20H,5-7H2,1-4H3;10H,5-8H2,1-4H3/b;;;9-8-;/t12-,16-;13-,16-;2*11-,16-;10-,15-/m00000/s1. The number of nitrogens with zero attached hydrogens (tertiary/aromatic N) is 11. The van der Waals surface area contributed by atoms with Crippen molar-refractivity contribution in [1.82, 2.24) is 54.1 Å². The highest BCUT2D eigenvalue weighted by atomic mass is 35.5. The summed E-state index contributed by atoms with van der Waals surface area (Å²) in [6, 6.07) is 0. The smallest absolute Gasteiger partial charge is 0.173 e. The van der Waals surface area contributed by atoms with Crippen LogP contribution in [0.3, 0.4) is 0 Å². The van der Waals surface area contributed by atoms with Gasteiger partial charge in [0, 0.05) is 148 Å². The highest BCUT2D eigenvalue weighted by Crippen LogP contribution is 2.66. The van der Waals surface area contributed by atoms with Gasteiger partial charge in [-0.1, -0.05) is 155 Å². The number of allylic oxidation sites excluding steroid dienone is 1. The molecule has 104 heavy (non-hydrogen) atoms. The van der Waals surface area contributed by atoms with Crippen LogP contribution in [0.2, 0.25) is 20.6 Å². The molecule has 2 saturated heterocycles. The van der Waals surface area contributed by atoms with Crippen LogP contribution in [-0.4, -0.2) is 109 Å². The highest BCUT2D eigenvalue weighted by molar-refractivity contribution is 6.31. The summed E-state index contributed by atoms with van der Waals surface area (Å²) in [4.78, 5) is 24.8. The monoisotopic (exact) mass is 1510 g/mol. The van der Waals surface area contributed by atoms with E-state index in [9.17, 15) is 14.7 Å². The number of aliphatic hydroxyl groups is 1. The molecule has 23 heteroatoms. The fourth-order valence-corrected chi connectivity index (χ4v) is 25.4. The van der Waals surface area contributed by atoms with Gasteiger partial charge in [0.1, 0.15) is 32.2 Å². The molecule has 6 aromatic rings. The second-order valence-corrected chi connectivity index (χ2v) is 38.6. The van der Waals surface area contributed by atoms with Crippen LogP contribution in [0.25, 0.3) is 0 Å². The molecule has 10 atom stereocenters. The summed E-state index contributed by atoms with van der Waals surface area (Å²) >= 11 is 25.6. The van der Waals surface area contributed by atoms with Gasteiger partial charge >= 0.3 is 0 Å². The molecular weight excluding hydrogens is 1400 g/mol. The minimum atomic E-state index is -0.497. The number of fused-ring (bicyclic) bond motifs is 16. The Bertz CT molecular complexity index is 4420. The fourth-order valence-electron chi connectivity index (χ4n) is 24.5. The molecule has 0 aromatic carbocycles. The minimum absolute atomic E-state index is 0.000532. The number of carbonyl (C=O) groups excluding carboxylic acids is 2. The molecule has 2 aliphatic heterocycles. The van der Waals surface area contributed by atoms with E-state index in [0.717, 1.165) is 154 Å². The van der Waals surface area contributed by atoms with Gasteiger partial charge in [0.05, 0.1) is 67.4 Å². The van der Waals surface area contributed by atoms with Crippen LogP contribution in [0.1, 0.15) is 249 Å². The quantitative estimate of drug-likeness (QED) is 0.111. The summed E-state index contributed by atoms with van der Waals surface area (Å²) in [7, 11) is 9.66. The Morgan fingerprint density at radius 3 is 1.25 bits per heavy atom. The lowest BCUT2D eigenvalue weighted by Crippen LogP contribution is -2.61. The normalized spacial score (nSPS) is 33.5. The lowest BCUT2D eigenvalue weighted by atomic mass is 9.49. The third-order valence-electron chi connectivity index (χ3n) is 29.9. The third kappa shape index (κ3) is 11.0. The van der Waals surface area contributed by atoms with E-state index in [-0.39, 0.29) is 66.2 Å². The van der Waals surface area contributed by atoms with E-state index in [4.69, 9.17) is 85.2 Å². The molecule has 2 spiro atoms. The van der Waals surface area contributed by atoms with E-state index in [2.05, 4.69) is 112 Å². The molecule has 0 unspecified atom stereocenters. The third-order valence-corrected chi connectivity index (χ3v) is 31.8. The van der Waals surface area contributed by atoms with Crippen molar-refractivity contribution in [2.24, 2.45) is 86.5 Å². The van der Waals surface area contributed by atoms with Crippen LogP contribution in [0, 0.1) is 51.2 Å². The second kappa shape index (κ2) is 25.6.